The third-order valence-electron chi connectivity index (χ3n) is 12.4. The largest absolute Gasteiger partial charge is 0.311 e. The molecule has 0 N–H and O–H groups in total. The van der Waals surface area contributed by atoms with E-state index in [9.17, 15) is 0 Å². The summed E-state index contributed by atoms with van der Waals surface area (Å²) >= 11 is 0. The molecule has 0 unspecified atom stereocenters. The fourth-order valence-electron chi connectivity index (χ4n) is 8.57. The van der Waals surface area contributed by atoms with E-state index in [1.54, 1.807) is 0 Å². The number of nitrogens with zero attached hydrogens (tertiary/aromatic N) is 1. The second-order valence-electron chi connectivity index (χ2n) is 20.0. The molecule has 0 radical (unpaired) electrons. The summed E-state index contributed by atoms with van der Waals surface area (Å²) in [6.07, 6.45) is 0. The fraction of sp³-hybridized carbons (Fsp3) is 0.222. The van der Waals surface area contributed by atoms with Gasteiger partial charge in [0.05, 0.1) is 24.2 Å². The lowest BCUT2D eigenvalue weighted by Gasteiger charge is -2.26. The monoisotopic (exact) mass is 805 g/mol. The van der Waals surface area contributed by atoms with Crippen LogP contribution in [-0.2, 0) is 5.41 Å². The third kappa shape index (κ3) is 7.66. The predicted molar refractivity (Wildman–Crippen MR) is 264 cm³/mol. The molecule has 0 fully saturated rings. The van der Waals surface area contributed by atoms with E-state index in [1.807, 2.05) is 0 Å². The van der Waals surface area contributed by atoms with Crippen LogP contribution in [0, 0.1) is 0 Å². The van der Waals surface area contributed by atoms with Crippen LogP contribution in [0.3, 0.4) is 0 Å². The van der Waals surface area contributed by atoms with Gasteiger partial charge in [-0.3, -0.25) is 0 Å². The van der Waals surface area contributed by atoms with Crippen molar-refractivity contribution in [1.82, 2.24) is 0 Å². The van der Waals surface area contributed by atoms with Crippen molar-refractivity contribution in [2.75, 3.05) is 4.90 Å². The topological polar surface area (TPSA) is 3.24 Å². The molecule has 0 atom stereocenters. The molecule has 0 aliphatic heterocycles. The smallest absolute Gasteiger partial charge is 0.0776 e. The van der Waals surface area contributed by atoms with E-state index < -0.39 is 24.2 Å². The van der Waals surface area contributed by atoms with Gasteiger partial charge in [-0.25, -0.2) is 0 Å². The highest BCUT2D eigenvalue weighted by molar-refractivity contribution is 6.89. The van der Waals surface area contributed by atoms with E-state index in [4.69, 9.17) is 0 Å². The van der Waals surface area contributed by atoms with Crippen LogP contribution in [0.2, 0.25) is 58.9 Å². The maximum Gasteiger partial charge on any atom is 0.0776 e. The predicted octanol–water partition coefficient (Wildman–Crippen LogP) is 14.1. The average molecular weight is 806 g/mol. The van der Waals surface area contributed by atoms with Crippen molar-refractivity contribution in [3.63, 3.8) is 0 Å². The zero-order chi connectivity index (χ0) is 41.2. The van der Waals surface area contributed by atoms with Gasteiger partial charge in [-0.2, -0.15) is 0 Å². The van der Waals surface area contributed by atoms with Gasteiger partial charge in [0.1, 0.15) is 0 Å². The average Bonchev–Trinajstić information content (AvgIpc) is 3.43. The van der Waals surface area contributed by atoms with E-state index in [-0.39, 0.29) is 5.41 Å². The van der Waals surface area contributed by atoms with Crippen molar-refractivity contribution in [2.24, 2.45) is 0 Å². The Bertz CT molecular complexity index is 2480. The summed E-state index contributed by atoms with van der Waals surface area (Å²) in [5.41, 5.74) is 16.5. The number of hydrogen-bond donors (Lipinski definition) is 0. The van der Waals surface area contributed by atoms with E-state index in [0.717, 1.165) is 17.1 Å². The standard InChI is InChI=1S/C54H59NSi3/c1-54(2)52-36-43(22-34-50(52)51-35-33-49(37-53(51)54)58(9,10)11)42-16-27-46(28-17-42)55(44-23-12-38(13-24-44)40-18-29-47(30-19-40)56(3,4)5)45-25-14-39(15-26-45)41-20-31-48(32-21-41)57(6,7)8/h12-37H,1-11H3. The van der Waals surface area contributed by atoms with Crippen molar-refractivity contribution in [3.8, 4) is 44.5 Å². The van der Waals surface area contributed by atoms with E-state index in [2.05, 4.69) is 235 Å². The molecule has 0 saturated heterocycles. The summed E-state index contributed by atoms with van der Waals surface area (Å²) in [6, 6.07) is 60.2. The lowest BCUT2D eigenvalue weighted by molar-refractivity contribution is 0.661. The number of anilines is 3. The highest BCUT2D eigenvalue weighted by Crippen LogP contribution is 2.49. The minimum atomic E-state index is -1.42. The highest BCUT2D eigenvalue weighted by Gasteiger charge is 2.36. The minimum absolute atomic E-state index is 0.0435. The zero-order valence-electron chi connectivity index (χ0n) is 36.5. The van der Waals surface area contributed by atoms with Gasteiger partial charge in [0.2, 0.25) is 0 Å². The molecule has 7 aromatic carbocycles. The van der Waals surface area contributed by atoms with Gasteiger partial charge < -0.3 is 4.90 Å². The lowest BCUT2D eigenvalue weighted by Crippen LogP contribution is -2.38. The Kier molecular flexibility index (Phi) is 10.1. The van der Waals surface area contributed by atoms with Gasteiger partial charge in [0, 0.05) is 22.5 Å². The zero-order valence-corrected chi connectivity index (χ0v) is 39.5. The molecule has 0 amide bonds. The van der Waals surface area contributed by atoms with Crippen molar-refractivity contribution < 1.29 is 0 Å². The first kappa shape index (κ1) is 39.8. The minimum Gasteiger partial charge on any atom is -0.311 e. The molecule has 0 heterocycles. The molecule has 4 heteroatoms. The summed E-state index contributed by atoms with van der Waals surface area (Å²) in [5.74, 6) is 0. The van der Waals surface area contributed by atoms with Gasteiger partial charge in [0.15, 0.2) is 0 Å². The number of benzene rings is 7. The van der Waals surface area contributed by atoms with E-state index >= 15 is 0 Å². The number of hydrogen-bond acceptors (Lipinski definition) is 1. The van der Waals surface area contributed by atoms with Crippen molar-refractivity contribution in [2.45, 2.75) is 78.2 Å². The van der Waals surface area contributed by atoms with Crippen LogP contribution in [0.1, 0.15) is 25.0 Å². The van der Waals surface area contributed by atoms with Crippen LogP contribution in [0.25, 0.3) is 44.5 Å². The summed E-state index contributed by atoms with van der Waals surface area (Å²) in [5, 5.41) is 4.51. The first-order valence-electron chi connectivity index (χ1n) is 21.0. The molecule has 1 nitrogen and oxygen atoms in total. The Morgan fingerprint density at radius 3 is 0.948 bits per heavy atom. The Balaban J connectivity index is 1.13. The van der Waals surface area contributed by atoms with Gasteiger partial charge in [-0.1, -0.05) is 204 Å². The molecule has 7 aromatic rings. The highest BCUT2D eigenvalue weighted by atomic mass is 28.3. The van der Waals surface area contributed by atoms with Crippen LogP contribution < -0.4 is 20.5 Å². The van der Waals surface area contributed by atoms with Gasteiger partial charge >= 0.3 is 0 Å². The second kappa shape index (κ2) is 14.7. The summed E-state index contributed by atoms with van der Waals surface area (Å²) in [7, 11) is -4.13. The van der Waals surface area contributed by atoms with Gasteiger partial charge in [-0.15, -0.1) is 0 Å². The number of fused-ring (bicyclic) bond motifs is 3. The Morgan fingerprint density at radius 2 is 0.586 bits per heavy atom. The Labute approximate surface area is 351 Å². The normalized spacial score (nSPS) is 13.6. The fourth-order valence-corrected chi connectivity index (χ4v) is 12.1. The molecule has 0 bridgehead atoms. The second-order valence-corrected chi connectivity index (χ2v) is 35.3. The summed E-state index contributed by atoms with van der Waals surface area (Å²) in [6.45, 7) is 26.6. The SMILES string of the molecule is CC1(C)c2cc(-c3ccc(N(c4ccc(-c5ccc([Si](C)(C)C)cc5)cc4)c4ccc(-c5ccc([Si](C)(C)C)cc5)cc4)cc3)ccc2-c2ccc([Si](C)(C)C)cc21. The molecule has 292 valence electrons. The summed E-state index contributed by atoms with van der Waals surface area (Å²) in [4.78, 5) is 2.39. The van der Waals surface area contributed by atoms with Crippen LogP contribution in [-0.4, -0.2) is 24.2 Å². The van der Waals surface area contributed by atoms with Crippen LogP contribution in [0.15, 0.2) is 158 Å². The molecular formula is C54H59NSi3. The van der Waals surface area contributed by atoms with Crippen LogP contribution in [0.4, 0.5) is 17.1 Å². The molecule has 0 saturated carbocycles. The van der Waals surface area contributed by atoms with Crippen LogP contribution in [0.5, 0.6) is 0 Å². The van der Waals surface area contributed by atoms with Crippen molar-refractivity contribution in [1.29, 1.82) is 0 Å². The maximum atomic E-state index is 2.51. The maximum absolute atomic E-state index is 2.51. The van der Waals surface area contributed by atoms with Gasteiger partial charge in [-0.05, 0) is 98.1 Å². The van der Waals surface area contributed by atoms with E-state index in [1.165, 1.54) is 71.2 Å². The first-order chi connectivity index (χ1) is 27.4. The quantitative estimate of drug-likeness (QED) is 0.131. The molecule has 0 aromatic heterocycles. The molecule has 1 aliphatic rings. The van der Waals surface area contributed by atoms with Crippen molar-refractivity contribution >= 4 is 56.8 Å². The molecule has 58 heavy (non-hydrogen) atoms. The molecule has 0 spiro atoms. The number of rotatable bonds is 9. The first-order valence-corrected chi connectivity index (χ1v) is 31.5. The Hall–Kier alpha value is -5.01. The molecular weight excluding hydrogens is 747 g/mol. The van der Waals surface area contributed by atoms with Gasteiger partial charge in [0.25, 0.3) is 0 Å². The van der Waals surface area contributed by atoms with Crippen molar-refractivity contribution in [3.05, 3.63) is 169 Å². The Morgan fingerprint density at radius 1 is 0.310 bits per heavy atom. The lowest BCUT2D eigenvalue weighted by atomic mass is 9.81. The summed E-state index contributed by atoms with van der Waals surface area (Å²) < 4.78 is 0. The van der Waals surface area contributed by atoms with Crippen LogP contribution >= 0.6 is 0 Å². The molecule has 8 rings (SSSR count). The third-order valence-corrected chi connectivity index (χ3v) is 18.6. The van der Waals surface area contributed by atoms with E-state index in [0.29, 0.717) is 0 Å². The molecule has 1 aliphatic carbocycles.